The average Bonchev–Trinajstić information content (AvgIpc) is 2.57. The van der Waals surface area contributed by atoms with Gasteiger partial charge in [0.15, 0.2) is 0 Å². The van der Waals surface area contributed by atoms with Gasteiger partial charge in [0, 0.05) is 11.8 Å². The first kappa shape index (κ1) is 20.8. The molecule has 0 bridgehead atoms. The molecular weight excluding hydrogens is 390 g/mol. The van der Waals surface area contributed by atoms with Gasteiger partial charge in [0.1, 0.15) is 17.8 Å². The molecule has 1 aromatic carbocycles. The lowest BCUT2D eigenvalue weighted by molar-refractivity contribution is -0.896. The standard InChI is InChI=1S/C18H18F6N2O2/c1-26(28)8-3-2-7-13(26)16(27)11-9-14(18(22,23)24)25-15-10(11)5-4-6-12(15)17(19,20)21/h4-6,9,13,16,27H,2-3,7-8H2,1H3/t13-,16+,26?/m1/s1. The Hall–Kier alpha value is -1.91. The smallest absolute Gasteiger partial charge is 0.433 e. The van der Waals surface area contributed by atoms with E-state index < -0.39 is 45.9 Å². The van der Waals surface area contributed by atoms with Crippen LogP contribution in [-0.2, 0) is 12.4 Å². The number of aliphatic hydroxyl groups is 1. The van der Waals surface area contributed by atoms with Crippen LogP contribution in [0.25, 0.3) is 10.9 Å². The van der Waals surface area contributed by atoms with Gasteiger partial charge in [-0.05, 0) is 30.5 Å². The lowest BCUT2D eigenvalue weighted by Gasteiger charge is -2.50. The molecule has 1 N–H and O–H groups in total. The molecule has 3 atom stereocenters. The monoisotopic (exact) mass is 408 g/mol. The molecule has 28 heavy (non-hydrogen) atoms. The second-order valence-corrected chi connectivity index (χ2v) is 7.20. The molecule has 0 saturated carbocycles. The van der Waals surface area contributed by atoms with Gasteiger partial charge in [0.25, 0.3) is 0 Å². The van der Waals surface area contributed by atoms with Crippen molar-refractivity contribution in [2.45, 2.75) is 43.8 Å². The fourth-order valence-electron chi connectivity index (χ4n) is 3.78. The number of likely N-dealkylation sites (N-methyl/N-ethyl adjacent to an activating group) is 1. The molecule has 2 aromatic rings. The minimum absolute atomic E-state index is 0.171. The fraction of sp³-hybridized carbons (Fsp3) is 0.500. The highest BCUT2D eigenvalue weighted by Crippen LogP contribution is 2.41. The Morgan fingerprint density at radius 3 is 2.39 bits per heavy atom. The molecule has 4 nitrogen and oxygen atoms in total. The lowest BCUT2D eigenvalue weighted by atomic mass is 9.90. The largest absolute Gasteiger partial charge is 0.633 e. The van der Waals surface area contributed by atoms with Crippen molar-refractivity contribution in [3.8, 4) is 0 Å². The van der Waals surface area contributed by atoms with E-state index >= 15 is 0 Å². The van der Waals surface area contributed by atoms with Crippen LogP contribution in [0, 0.1) is 5.21 Å². The van der Waals surface area contributed by atoms with Crippen LogP contribution in [0.15, 0.2) is 24.3 Å². The van der Waals surface area contributed by atoms with Gasteiger partial charge >= 0.3 is 12.4 Å². The van der Waals surface area contributed by atoms with Gasteiger partial charge in [0.2, 0.25) is 0 Å². The number of hydrogen-bond acceptors (Lipinski definition) is 3. The van der Waals surface area contributed by atoms with Crippen LogP contribution in [-0.4, -0.2) is 34.4 Å². The first-order chi connectivity index (χ1) is 12.8. The molecule has 1 saturated heterocycles. The van der Waals surface area contributed by atoms with Gasteiger partial charge in [-0.1, -0.05) is 12.1 Å². The molecular formula is C18H18F6N2O2. The molecule has 0 aliphatic carbocycles. The number of fused-ring (bicyclic) bond motifs is 1. The van der Waals surface area contributed by atoms with E-state index in [-0.39, 0.29) is 23.9 Å². The summed E-state index contributed by atoms with van der Waals surface area (Å²) in [5.41, 5.74) is -4.13. The molecule has 1 aliphatic rings. The number of rotatable bonds is 2. The Kier molecular flexibility index (Phi) is 5.10. The third-order valence-corrected chi connectivity index (χ3v) is 5.20. The van der Waals surface area contributed by atoms with Crippen molar-refractivity contribution < 1.29 is 36.1 Å². The maximum absolute atomic E-state index is 13.3. The summed E-state index contributed by atoms with van der Waals surface area (Å²) in [5.74, 6) is 0. The summed E-state index contributed by atoms with van der Waals surface area (Å²) in [7, 11) is 1.31. The highest BCUT2D eigenvalue weighted by atomic mass is 19.4. The molecule has 0 radical (unpaired) electrons. The predicted octanol–water partition coefficient (Wildman–Crippen LogP) is 4.80. The highest BCUT2D eigenvalue weighted by Gasteiger charge is 2.41. The van der Waals surface area contributed by atoms with Crippen LogP contribution in [0.2, 0.25) is 0 Å². The van der Waals surface area contributed by atoms with Crippen molar-refractivity contribution in [2.75, 3.05) is 13.6 Å². The Bertz CT molecular complexity index is 879. The van der Waals surface area contributed by atoms with Crippen molar-refractivity contribution in [1.29, 1.82) is 0 Å². The molecule has 1 fully saturated rings. The van der Waals surface area contributed by atoms with Gasteiger partial charge in [-0.3, -0.25) is 0 Å². The number of aliphatic hydroxyl groups excluding tert-OH is 1. The predicted molar refractivity (Wildman–Crippen MR) is 88.8 cm³/mol. The van der Waals surface area contributed by atoms with Crippen molar-refractivity contribution in [1.82, 2.24) is 4.98 Å². The lowest BCUT2D eigenvalue weighted by Crippen LogP contribution is -2.53. The number of hydroxylamine groups is 3. The topological polar surface area (TPSA) is 56.2 Å². The molecule has 0 amide bonds. The first-order valence-corrected chi connectivity index (χ1v) is 8.65. The SMILES string of the molecule is C[N+]1([O-])CCCC[C@@H]1[C@@H](O)c1cc(C(F)(F)F)nc2c(C(F)(F)F)cccc12. The number of likely N-dealkylation sites (tertiary alicyclic amines) is 1. The summed E-state index contributed by atoms with van der Waals surface area (Å²) in [6.45, 7) is 0.171. The molecule has 2 heterocycles. The number of hydrogen-bond donors (Lipinski definition) is 1. The van der Waals surface area contributed by atoms with Gasteiger partial charge in [-0.15, -0.1) is 0 Å². The van der Waals surface area contributed by atoms with Crippen LogP contribution in [0.3, 0.4) is 0 Å². The number of piperidine rings is 1. The maximum atomic E-state index is 13.3. The van der Waals surface area contributed by atoms with E-state index in [1.54, 1.807) is 0 Å². The molecule has 154 valence electrons. The normalized spacial score (nSPS) is 25.1. The minimum Gasteiger partial charge on any atom is -0.633 e. The molecule has 0 spiro atoms. The number of aromatic nitrogens is 1. The van der Waals surface area contributed by atoms with Crippen LogP contribution in [0.5, 0.6) is 0 Å². The van der Waals surface area contributed by atoms with E-state index in [0.29, 0.717) is 25.0 Å². The Morgan fingerprint density at radius 2 is 1.82 bits per heavy atom. The number of halogens is 6. The van der Waals surface area contributed by atoms with E-state index in [1.807, 2.05) is 0 Å². The van der Waals surface area contributed by atoms with Crippen LogP contribution >= 0.6 is 0 Å². The molecule has 3 rings (SSSR count). The number of pyridine rings is 1. The number of benzene rings is 1. The number of para-hydroxylation sites is 1. The van der Waals surface area contributed by atoms with Gasteiger partial charge in [-0.2, -0.15) is 26.3 Å². The zero-order chi connectivity index (χ0) is 20.9. The summed E-state index contributed by atoms with van der Waals surface area (Å²) < 4.78 is 79.0. The molecule has 1 aromatic heterocycles. The summed E-state index contributed by atoms with van der Waals surface area (Å²) in [6.07, 6.45) is -10.1. The van der Waals surface area contributed by atoms with Gasteiger partial charge < -0.3 is 15.0 Å². The average molecular weight is 408 g/mol. The fourth-order valence-corrected chi connectivity index (χ4v) is 3.78. The van der Waals surface area contributed by atoms with Crippen molar-refractivity contribution in [2.24, 2.45) is 0 Å². The number of alkyl halides is 6. The van der Waals surface area contributed by atoms with Gasteiger partial charge in [-0.25, -0.2) is 4.98 Å². The second-order valence-electron chi connectivity index (χ2n) is 7.20. The van der Waals surface area contributed by atoms with Gasteiger partial charge in [0.05, 0.1) is 24.7 Å². The Balaban J connectivity index is 2.26. The first-order valence-electron chi connectivity index (χ1n) is 8.65. The van der Waals surface area contributed by atoms with Crippen LogP contribution in [0.1, 0.15) is 42.2 Å². The summed E-state index contributed by atoms with van der Waals surface area (Å²) in [5, 5.41) is 23.2. The van der Waals surface area contributed by atoms with Crippen molar-refractivity contribution in [3.63, 3.8) is 0 Å². The Morgan fingerprint density at radius 1 is 1.14 bits per heavy atom. The number of quaternary nitrogens is 1. The van der Waals surface area contributed by atoms with Crippen molar-refractivity contribution in [3.05, 3.63) is 46.3 Å². The number of nitrogens with zero attached hydrogens (tertiary/aromatic N) is 2. The van der Waals surface area contributed by atoms with Crippen LogP contribution < -0.4 is 0 Å². The maximum Gasteiger partial charge on any atom is 0.433 e. The van der Waals surface area contributed by atoms with E-state index in [2.05, 4.69) is 4.98 Å². The van der Waals surface area contributed by atoms with Crippen molar-refractivity contribution >= 4 is 10.9 Å². The summed E-state index contributed by atoms with van der Waals surface area (Å²) in [6, 6.07) is 2.42. The van der Waals surface area contributed by atoms with E-state index in [0.717, 1.165) is 6.07 Å². The summed E-state index contributed by atoms with van der Waals surface area (Å²) in [4.78, 5) is 3.20. The molecule has 1 unspecified atom stereocenters. The third kappa shape index (κ3) is 3.81. The van der Waals surface area contributed by atoms with E-state index in [9.17, 15) is 36.7 Å². The third-order valence-electron chi connectivity index (χ3n) is 5.20. The van der Waals surface area contributed by atoms with Crippen LogP contribution in [0.4, 0.5) is 26.3 Å². The zero-order valence-corrected chi connectivity index (χ0v) is 14.8. The zero-order valence-electron chi connectivity index (χ0n) is 14.8. The van der Waals surface area contributed by atoms with E-state index in [1.165, 1.54) is 13.1 Å². The quantitative estimate of drug-likeness (QED) is 0.441. The Labute approximate surface area is 156 Å². The summed E-state index contributed by atoms with van der Waals surface area (Å²) >= 11 is 0. The van der Waals surface area contributed by atoms with E-state index in [4.69, 9.17) is 0 Å². The minimum atomic E-state index is -5.01. The molecule has 10 heteroatoms. The molecule has 1 aliphatic heterocycles. The second kappa shape index (κ2) is 6.85. The highest BCUT2D eigenvalue weighted by molar-refractivity contribution is 5.86.